The maximum Gasteiger partial charge on any atom is 0.409 e. The molecule has 272 valence electrons. The zero-order chi connectivity index (χ0) is 36.7. The quantitative estimate of drug-likeness (QED) is 0.334. The van der Waals surface area contributed by atoms with Gasteiger partial charge in [-0.2, -0.15) is 11.8 Å². The predicted octanol–water partition coefficient (Wildman–Crippen LogP) is 5.19. The third kappa shape index (κ3) is 10.6. The third-order valence-electron chi connectivity index (χ3n) is 9.31. The Morgan fingerprint density at radius 3 is 2.63 bits per heavy atom. The highest BCUT2D eigenvalue weighted by atomic mass is 35.5. The van der Waals surface area contributed by atoms with Crippen molar-refractivity contribution in [2.75, 3.05) is 38.1 Å². The number of carbonyl (C=O) groups is 4. The molecule has 0 saturated carbocycles. The Hall–Kier alpha value is -3.26. The lowest BCUT2D eigenvalue weighted by Gasteiger charge is -2.38. The van der Waals surface area contributed by atoms with Gasteiger partial charge in [-0.15, -0.1) is 0 Å². The number of thioether (sulfide) groups is 1. The van der Waals surface area contributed by atoms with E-state index in [0.717, 1.165) is 16.9 Å². The number of halogens is 1. The van der Waals surface area contributed by atoms with Crippen molar-refractivity contribution >= 4 is 52.9 Å². The normalized spacial score (nSPS) is 29.4. The van der Waals surface area contributed by atoms with Gasteiger partial charge in [0.2, 0.25) is 11.8 Å². The molecule has 3 heterocycles. The van der Waals surface area contributed by atoms with E-state index in [1.54, 1.807) is 30.8 Å². The number of hydrogen-bond acceptors (Lipinski definition) is 9. The first-order chi connectivity index (χ1) is 22.9. The van der Waals surface area contributed by atoms with Gasteiger partial charge in [-0.3, -0.25) is 14.9 Å². The Labute approximate surface area is 298 Å². The molecule has 14 heteroatoms. The van der Waals surface area contributed by atoms with Crippen molar-refractivity contribution in [1.82, 2.24) is 10.2 Å². The molecule has 2 fully saturated rings. The number of rotatable bonds is 6. The van der Waals surface area contributed by atoms with Crippen LogP contribution < -0.4 is 15.0 Å². The van der Waals surface area contributed by atoms with Crippen molar-refractivity contribution in [3.63, 3.8) is 0 Å². The van der Waals surface area contributed by atoms with Crippen LogP contribution in [0.5, 0.6) is 5.75 Å². The summed E-state index contributed by atoms with van der Waals surface area (Å²) in [6.45, 7) is 7.42. The number of benzene rings is 1. The highest BCUT2D eigenvalue weighted by Gasteiger charge is 2.58. The fourth-order valence-corrected chi connectivity index (χ4v) is 6.63. The number of alkyl carbamates (subject to hydrolysis) is 1. The molecule has 1 aromatic rings. The number of anilines is 1. The van der Waals surface area contributed by atoms with Crippen molar-refractivity contribution in [2.24, 2.45) is 5.92 Å². The number of aliphatic carboxylic acids is 1. The number of carbonyl (C=O) groups excluding carboxylic acids is 3. The Morgan fingerprint density at radius 1 is 1.31 bits per heavy atom. The van der Waals surface area contributed by atoms with Crippen LogP contribution in [-0.2, 0) is 30.3 Å². The van der Waals surface area contributed by atoms with Crippen LogP contribution >= 0.6 is 23.4 Å². The minimum atomic E-state index is -1.40. The van der Waals surface area contributed by atoms with Crippen molar-refractivity contribution < 1.29 is 43.6 Å². The standard InChI is InChI=1S/C27H35ClN2O6.C8H15NO3S/c1-16-8-6-7-10-27(33)15-21(35-25(32)29-27)17(2)24-26(3,36-24)11-9-22(31)30(4)19-13-18(12-16)14-20(34-5)23(19)28;1-6(8(11)12)9(2)7(10)4-5-13-3/h6-8,13-14,17,21,24,33H,9-12,15H2,1-5H3,(H,29,32);6H,4-5H2,1-3H3,(H,11,12)/b7-6+,16-8+;/t17-,21+,24+,26+,27-;6-/m11/s1. The van der Waals surface area contributed by atoms with Crippen LogP contribution in [0.1, 0.15) is 65.4 Å². The van der Waals surface area contributed by atoms with E-state index in [0.29, 0.717) is 35.7 Å². The fraction of sp³-hybridized carbons (Fsp3) is 0.600. The van der Waals surface area contributed by atoms with E-state index in [-0.39, 0.29) is 43.1 Å². The molecule has 3 aliphatic rings. The van der Waals surface area contributed by atoms with Gasteiger partial charge in [0.1, 0.15) is 28.6 Å². The van der Waals surface area contributed by atoms with Gasteiger partial charge in [0, 0.05) is 51.4 Å². The summed E-state index contributed by atoms with van der Waals surface area (Å²) < 4.78 is 17.0. The van der Waals surface area contributed by atoms with E-state index in [9.17, 15) is 24.3 Å². The summed E-state index contributed by atoms with van der Waals surface area (Å²) in [5.74, 6) is -0.0897. The predicted molar refractivity (Wildman–Crippen MR) is 190 cm³/mol. The van der Waals surface area contributed by atoms with E-state index in [1.807, 2.05) is 57.4 Å². The number of methoxy groups -OCH3 is 1. The molecule has 0 aromatic heterocycles. The van der Waals surface area contributed by atoms with Crippen LogP contribution in [0.15, 0.2) is 35.9 Å². The number of carboxylic acid groups (broad SMARTS) is 1. The molecule has 6 atom stereocenters. The Morgan fingerprint density at radius 2 is 2.00 bits per heavy atom. The van der Waals surface area contributed by atoms with E-state index < -0.39 is 35.5 Å². The molecule has 3 aliphatic heterocycles. The summed E-state index contributed by atoms with van der Waals surface area (Å²) in [7, 11) is 4.78. The maximum atomic E-state index is 13.2. The zero-order valence-electron chi connectivity index (χ0n) is 29.6. The van der Waals surface area contributed by atoms with Crippen LogP contribution in [0, 0.1) is 5.92 Å². The van der Waals surface area contributed by atoms with E-state index in [1.165, 1.54) is 18.9 Å². The minimum absolute atomic E-state index is 0.0879. The largest absolute Gasteiger partial charge is 0.495 e. The summed E-state index contributed by atoms with van der Waals surface area (Å²) in [6, 6.07) is 3.05. The monoisotopic (exact) mass is 723 g/mol. The third-order valence-corrected chi connectivity index (χ3v) is 10.3. The molecule has 0 unspecified atom stereocenters. The second-order valence-corrected chi connectivity index (χ2v) is 14.5. The lowest BCUT2D eigenvalue weighted by atomic mass is 9.85. The molecule has 49 heavy (non-hydrogen) atoms. The van der Waals surface area contributed by atoms with Crippen LogP contribution in [-0.4, -0.2) is 102 Å². The van der Waals surface area contributed by atoms with Crippen LogP contribution in [0.25, 0.3) is 0 Å². The first kappa shape index (κ1) is 40.2. The molecule has 12 nitrogen and oxygen atoms in total. The number of ether oxygens (including phenoxy) is 3. The number of nitrogens with zero attached hydrogens (tertiary/aromatic N) is 2. The highest BCUT2D eigenvalue weighted by molar-refractivity contribution is 7.98. The average Bonchev–Trinajstić information content (AvgIpc) is 3.74. The number of carboxylic acids is 1. The van der Waals surface area contributed by atoms with Crippen LogP contribution in [0.2, 0.25) is 5.02 Å². The first-order valence-corrected chi connectivity index (χ1v) is 18.0. The number of likely N-dealkylation sites (N-methyl/N-ethyl adjacent to an activating group) is 1. The van der Waals surface area contributed by atoms with Crippen molar-refractivity contribution in [3.05, 3.63) is 46.5 Å². The molecule has 3 amide bonds. The first-order valence-electron chi connectivity index (χ1n) is 16.3. The number of allylic oxidation sites excluding steroid dienone is 3. The van der Waals surface area contributed by atoms with Crippen LogP contribution in [0.3, 0.4) is 0 Å². The Balaban J connectivity index is 0.000000425. The molecule has 0 aliphatic carbocycles. The summed E-state index contributed by atoms with van der Waals surface area (Å²) in [5.41, 5.74) is 0.692. The van der Waals surface area contributed by atoms with E-state index in [4.69, 9.17) is 30.9 Å². The summed E-state index contributed by atoms with van der Waals surface area (Å²) in [4.78, 5) is 50.1. The van der Waals surface area contributed by atoms with Crippen molar-refractivity contribution in [1.29, 1.82) is 0 Å². The number of hydrogen-bond donors (Lipinski definition) is 3. The minimum Gasteiger partial charge on any atom is -0.495 e. The number of aliphatic hydroxyl groups is 1. The number of amides is 3. The Bertz CT molecular complexity index is 1460. The van der Waals surface area contributed by atoms with Crippen LogP contribution in [0.4, 0.5) is 10.5 Å². The van der Waals surface area contributed by atoms with Gasteiger partial charge in [0.05, 0.1) is 24.5 Å². The van der Waals surface area contributed by atoms with E-state index >= 15 is 0 Å². The molecular weight excluding hydrogens is 674 g/mol. The smallest absolute Gasteiger partial charge is 0.409 e. The number of fused-ring (bicyclic) bond motifs is 5. The highest BCUT2D eigenvalue weighted by Crippen LogP contribution is 2.47. The molecule has 4 rings (SSSR count). The van der Waals surface area contributed by atoms with Gasteiger partial charge in [-0.05, 0) is 57.6 Å². The fourth-order valence-electron chi connectivity index (χ4n) is 5.94. The topological polar surface area (TPSA) is 158 Å². The summed E-state index contributed by atoms with van der Waals surface area (Å²) >= 11 is 8.16. The molecule has 4 bridgehead atoms. The summed E-state index contributed by atoms with van der Waals surface area (Å²) in [5, 5.41) is 22.7. The Kier molecular flexibility index (Phi) is 14.0. The zero-order valence-corrected chi connectivity index (χ0v) is 31.2. The molecule has 3 N–H and O–H groups in total. The average molecular weight is 724 g/mol. The molecule has 0 radical (unpaired) electrons. The molecule has 2 saturated heterocycles. The summed E-state index contributed by atoms with van der Waals surface area (Å²) in [6.07, 6.45) is 8.51. The van der Waals surface area contributed by atoms with E-state index in [2.05, 4.69) is 5.32 Å². The van der Waals surface area contributed by atoms with Gasteiger partial charge in [0.25, 0.3) is 0 Å². The lowest BCUT2D eigenvalue weighted by Crippen LogP contribution is -2.57. The second kappa shape index (κ2) is 17.1. The van der Waals surface area contributed by atoms with Gasteiger partial charge < -0.3 is 34.2 Å². The second-order valence-electron chi connectivity index (χ2n) is 13.2. The SMILES string of the molecule is COc1cc2cc(c1Cl)N(C)C(=O)CC[C@]1(C)O[C@H]1[C@H](C)[C@@H]1C[C@](O)(C/C=C/C=C(\C)C2)NC(=O)O1.CSCCC(=O)N(C)[C@H](C)C(=O)O. The van der Waals surface area contributed by atoms with Crippen molar-refractivity contribution in [3.8, 4) is 5.75 Å². The van der Waals surface area contributed by atoms with Gasteiger partial charge in [-0.25, -0.2) is 9.59 Å². The maximum absolute atomic E-state index is 13.2. The molecular formula is C35H50ClN3O9S. The lowest BCUT2D eigenvalue weighted by molar-refractivity contribution is -0.148. The van der Waals surface area contributed by atoms with Gasteiger partial charge in [0.15, 0.2) is 0 Å². The molecule has 1 aromatic carbocycles. The van der Waals surface area contributed by atoms with Gasteiger partial charge in [-0.1, -0.05) is 42.3 Å². The van der Waals surface area contributed by atoms with Gasteiger partial charge >= 0.3 is 12.1 Å². The number of nitrogens with one attached hydrogen (secondary N) is 1. The molecule has 0 spiro atoms. The number of epoxide rings is 1. The van der Waals surface area contributed by atoms with Crippen molar-refractivity contribution in [2.45, 2.75) is 95.8 Å².